The molecule has 0 N–H and O–H groups in total. The van der Waals surface area contributed by atoms with E-state index in [4.69, 9.17) is 0 Å². The molecule has 1 nitrogen and oxygen atoms in total. The minimum atomic E-state index is 0.966. The third-order valence-electron chi connectivity index (χ3n) is 1.90. The zero-order chi connectivity index (χ0) is 9.10. The maximum absolute atomic E-state index is 10.3. The van der Waals surface area contributed by atoms with E-state index < -0.39 is 0 Å². The molecule has 2 heteroatoms. The summed E-state index contributed by atoms with van der Waals surface area (Å²) in [6.07, 6.45) is 0. The van der Waals surface area contributed by atoms with Gasteiger partial charge in [0.15, 0.2) is 0 Å². The minimum absolute atomic E-state index is 0.966. The monoisotopic (exact) mass is 187 g/mol. The quantitative estimate of drug-likeness (QED) is 0.672. The normalized spacial score (nSPS) is 10.2. The van der Waals surface area contributed by atoms with Crippen molar-refractivity contribution in [3.8, 4) is 0 Å². The molecule has 0 atom stereocenters. The first-order valence-electron chi connectivity index (χ1n) is 3.93. The molecular formula is C11H7OS. The average Bonchev–Trinajstić information content (AvgIpc) is 2.19. The predicted molar refractivity (Wildman–Crippen MR) is 55.5 cm³/mol. The van der Waals surface area contributed by atoms with E-state index in [1.807, 2.05) is 48.1 Å². The van der Waals surface area contributed by atoms with Crippen LogP contribution in [0.25, 0.3) is 10.8 Å². The van der Waals surface area contributed by atoms with Crippen molar-refractivity contribution in [2.75, 3.05) is 0 Å². The molecule has 0 heterocycles. The Morgan fingerprint density at radius 1 is 1.00 bits per heavy atom. The first-order chi connectivity index (χ1) is 6.42. The van der Waals surface area contributed by atoms with Gasteiger partial charge >= 0.3 is 0 Å². The molecule has 13 heavy (non-hydrogen) atoms. The SMILES string of the molecule is O=[C]Sc1cccc2ccccc12. The van der Waals surface area contributed by atoms with Crippen LogP contribution in [0, 0.1) is 0 Å². The van der Waals surface area contributed by atoms with Gasteiger partial charge in [-0.2, -0.15) is 0 Å². The average molecular weight is 187 g/mol. The first-order valence-corrected chi connectivity index (χ1v) is 4.75. The van der Waals surface area contributed by atoms with Gasteiger partial charge in [0.05, 0.1) is 0 Å². The van der Waals surface area contributed by atoms with Crippen LogP contribution in [0.5, 0.6) is 0 Å². The first kappa shape index (κ1) is 8.32. The Morgan fingerprint density at radius 3 is 2.62 bits per heavy atom. The van der Waals surface area contributed by atoms with E-state index in [2.05, 4.69) is 0 Å². The molecule has 1 radical (unpaired) electrons. The molecule has 2 aromatic rings. The van der Waals surface area contributed by atoms with Gasteiger partial charge in [-0.05, 0) is 28.6 Å². The van der Waals surface area contributed by atoms with E-state index in [9.17, 15) is 4.79 Å². The van der Waals surface area contributed by atoms with Crippen molar-refractivity contribution in [1.29, 1.82) is 0 Å². The topological polar surface area (TPSA) is 17.1 Å². The summed E-state index contributed by atoms with van der Waals surface area (Å²) < 4.78 is 0. The van der Waals surface area contributed by atoms with Gasteiger partial charge in [0.25, 0.3) is 5.62 Å². The van der Waals surface area contributed by atoms with Crippen LogP contribution in [-0.4, -0.2) is 5.62 Å². The molecule has 2 aromatic carbocycles. The van der Waals surface area contributed by atoms with E-state index in [1.54, 1.807) is 0 Å². The van der Waals surface area contributed by atoms with Crippen molar-refractivity contribution in [2.45, 2.75) is 4.90 Å². The van der Waals surface area contributed by atoms with Crippen molar-refractivity contribution < 1.29 is 4.79 Å². The van der Waals surface area contributed by atoms with Gasteiger partial charge in [0.2, 0.25) is 0 Å². The molecule has 63 valence electrons. The number of thioether (sulfide) groups is 1. The second-order valence-electron chi connectivity index (χ2n) is 2.66. The Kier molecular flexibility index (Phi) is 2.32. The van der Waals surface area contributed by atoms with Crippen LogP contribution in [-0.2, 0) is 4.79 Å². The van der Waals surface area contributed by atoms with Crippen molar-refractivity contribution in [2.24, 2.45) is 0 Å². The Balaban J connectivity index is 2.68. The van der Waals surface area contributed by atoms with Crippen LogP contribution in [0.15, 0.2) is 47.4 Å². The van der Waals surface area contributed by atoms with E-state index >= 15 is 0 Å². The molecule has 0 spiro atoms. The third kappa shape index (κ3) is 1.58. The Hall–Kier alpha value is -1.28. The van der Waals surface area contributed by atoms with E-state index in [0.29, 0.717) is 0 Å². The lowest BCUT2D eigenvalue weighted by atomic mass is 10.1. The summed E-state index contributed by atoms with van der Waals surface area (Å²) in [6, 6.07) is 13.9. The lowest BCUT2D eigenvalue weighted by Gasteiger charge is -2.00. The summed E-state index contributed by atoms with van der Waals surface area (Å²) in [4.78, 5) is 11.2. The van der Waals surface area contributed by atoms with Gasteiger partial charge in [-0.15, -0.1) is 0 Å². The van der Waals surface area contributed by atoms with E-state index in [1.165, 1.54) is 0 Å². The predicted octanol–water partition coefficient (Wildman–Crippen LogP) is 3.00. The van der Waals surface area contributed by atoms with Crippen LogP contribution >= 0.6 is 11.8 Å². The molecule has 0 saturated carbocycles. The van der Waals surface area contributed by atoms with Crippen LogP contribution in [0.2, 0.25) is 0 Å². The molecule has 0 amide bonds. The van der Waals surface area contributed by atoms with Crippen molar-refractivity contribution in [3.63, 3.8) is 0 Å². The molecule has 0 fully saturated rings. The summed E-state index contributed by atoms with van der Waals surface area (Å²) in [7, 11) is 0. The van der Waals surface area contributed by atoms with Gasteiger partial charge in [-0.1, -0.05) is 36.4 Å². The zero-order valence-corrected chi connectivity index (χ0v) is 7.67. The second-order valence-corrected chi connectivity index (χ2v) is 3.47. The van der Waals surface area contributed by atoms with Gasteiger partial charge in [0.1, 0.15) is 0 Å². The summed E-state index contributed by atoms with van der Waals surface area (Å²) in [6.45, 7) is 0. The summed E-state index contributed by atoms with van der Waals surface area (Å²) >= 11 is 1.10. The van der Waals surface area contributed by atoms with Crippen LogP contribution in [0.4, 0.5) is 0 Å². The Labute approximate surface area is 80.8 Å². The summed E-state index contributed by atoms with van der Waals surface area (Å²) in [5.41, 5.74) is 1.84. The number of carbonyl (C=O) groups excluding carboxylic acids is 1. The van der Waals surface area contributed by atoms with E-state index in [-0.39, 0.29) is 0 Å². The van der Waals surface area contributed by atoms with Gasteiger partial charge in [-0.3, -0.25) is 4.79 Å². The lowest BCUT2D eigenvalue weighted by molar-refractivity contribution is 0.570. The Bertz CT molecular complexity index is 432. The smallest absolute Gasteiger partial charge is 0.271 e. The maximum atomic E-state index is 10.3. The highest BCUT2D eigenvalue weighted by atomic mass is 32.2. The number of hydrogen-bond donors (Lipinski definition) is 0. The lowest BCUT2D eigenvalue weighted by Crippen LogP contribution is -1.76. The highest BCUT2D eigenvalue weighted by Crippen LogP contribution is 2.25. The number of benzene rings is 2. The molecule has 0 aliphatic carbocycles. The molecule has 0 bridgehead atoms. The van der Waals surface area contributed by atoms with Crippen LogP contribution in [0.1, 0.15) is 0 Å². The third-order valence-corrected chi connectivity index (χ3v) is 2.56. The highest BCUT2D eigenvalue weighted by Gasteiger charge is 1.99. The highest BCUT2D eigenvalue weighted by molar-refractivity contribution is 8.12. The fourth-order valence-electron chi connectivity index (χ4n) is 1.33. The van der Waals surface area contributed by atoms with Gasteiger partial charge < -0.3 is 0 Å². The molecule has 2 rings (SSSR count). The van der Waals surface area contributed by atoms with Gasteiger partial charge in [-0.25, -0.2) is 0 Å². The van der Waals surface area contributed by atoms with E-state index in [0.717, 1.165) is 27.4 Å². The number of rotatable bonds is 2. The van der Waals surface area contributed by atoms with Crippen molar-refractivity contribution >= 4 is 28.2 Å². The molecule has 0 aromatic heterocycles. The molecule has 0 unspecified atom stereocenters. The number of fused-ring (bicyclic) bond motifs is 1. The van der Waals surface area contributed by atoms with Crippen LogP contribution in [0.3, 0.4) is 0 Å². The number of hydrogen-bond acceptors (Lipinski definition) is 2. The molecule has 0 saturated heterocycles. The van der Waals surface area contributed by atoms with Crippen LogP contribution < -0.4 is 0 Å². The van der Waals surface area contributed by atoms with Crippen molar-refractivity contribution in [3.05, 3.63) is 42.5 Å². The maximum Gasteiger partial charge on any atom is 0.271 e. The summed E-state index contributed by atoms with van der Waals surface area (Å²) in [5.74, 6) is 0. The zero-order valence-electron chi connectivity index (χ0n) is 6.86. The van der Waals surface area contributed by atoms with Gasteiger partial charge in [0, 0.05) is 4.90 Å². The summed E-state index contributed by atoms with van der Waals surface area (Å²) in [5, 5.41) is 2.26. The molecular weight excluding hydrogens is 180 g/mol. The standard InChI is InChI=1S/C11H7OS/c12-8-13-11-7-3-5-9-4-1-2-6-10(9)11/h1-7H. The fraction of sp³-hybridized carbons (Fsp3) is 0. The largest absolute Gasteiger partial charge is 0.277 e. The molecule has 0 aliphatic heterocycles. The fourth-order valence-corrected chi connectivity index (χ4v) is 1.86. The molecule has 0 aliphatic rings. The minimum Gasteiger partial charge on any atom is -0.277 e. The second kappa shape index (κ2) is 3.62. The Morgan fingerprint density at radius 2 is 1.77 bits per heavy atom. The van der Waals surface area contributed by atoms with Crippen molar-refractivity contribution in [1.82, 2.24) is 0 Å².